The molecule has 38 heavy (non-hydrogen) atoms. The highest BCUT2D eigenvalue weighted by Crippen LogP contribution is 2.59. The van der Waals surface area contributed by atoms with Crippen LogP contribution in [0, 0.1) is 11.8 Å². The van der Waals surface area contributed by atoms with Gasteiger partial charge in [0.15, 0.2) is 0 Å². The largest absolute Gasteiger partial charge is 0.481 e. The van der Waals surface area contributed by atoms with Gasteiger partial charge in [0.05, 0.1) is 16.6 Å². The Morgan fingerprint density at radius 3 is 2.53 bits per heavy atom. The van der Waals surface area contributed by atoms with Crippen LogP contribution in [0.1, 0.15) is 18.4 Å². The summed E-state index contributed by atoms with van der Waals surface area (Å²) >= 11 is 24.7. The Kier molecular flexibility index (Phi) is 7.55. The molecule has 3 heterocycles. The lowest BCUT2D eigenvalue weighted by Gasteiger charge is -2.36. The third kappa shape index (κ3) is 4.52. The molecule has 0 saturated carbocycles. The second-order valence-electron chi connectivity index (χ2n) is 9.42. The van der Waals surface area contributed by atoms with E-state index in [0.717, 1.165) is 5.69 Å². The number of amides is 1. The van der Waals surface area contributed by atoms with E-state index in [1.54, 1.807) is 36.4 Å². The summed E-state index contributed by atoms with van der Waals surface area (Å²) in [6, 6.07) is 7.64. The van der Waals surface area contributed by atoms with Gasteiger partial charge in [0.25, 0.3) is 5.91 Å². The lowest BCUT2D eigenvalue weighted by molar-refractivity contribution is -0.160. The first-order chi connectivity index (χ1) is 18.1. The number of benzene rings is 2. The van der Waals surface area contributed by atoms with Crippen LogP contribution in [0.2, 0.25) is 20.1 Å². The Hall–Kier alpha value is -2.49. The monoisotopic (exact) mass is 597 g/mol. The molecule has 5 rings (SSSR count). The molecule has 1 amide bonds. The number of aliphatic carboxylic acids is 1. The number of nitrogens with zero attached hydrogens (tertiary/aromatic N) is 1. The number of nitrogens with one attached hydrogen (secondary N) is 2. The highest BCUT2D eigenvalue weighted by Gasteiger charge is 2.71. The van der Waals surface area contributed by atoms with E-state index in [9.17, 15) is 19.5 Å². The van der Waals surface area contributed by atoms with E-state index < -0.39 is 41.3 Å². The van der Waals surface area contributed by atoms with E-state index >= 15 is 0 Å². The molecule has 1 spiro atoms. The van der Waals surface area contributed by atoms with Crippen LogP contribution in [0.3, 0.4) is 0 Å². The Morgan fingerprint density at radius 2 is 1.82 bits per heavy atom. The van der Waals surface area contributed by atoms with Crippen molar-refractivity contribution in [2.24, 2.45) is 11.8 Å². The molecular weight excluding hydrogens is 576 g/mol. The summed E-state index contributed by atoms with van der Waals surface area (Å²) in [5.74, 6) is -4.87. The van der Waals surface area contributed by atoms with E-state index in [2.05, 4.69) is 10.6 Å². The normalized spacial score (nSPS) is 26.0. The van der Waals surface area contributed by atoms with Crippen LogP contribution in [-0.2, 0) is 24.7 Å². The number of carbonyl (C=O) groups excluding carboxylic acids is 2. The standard InChI is InChI=1S/C26H23Cl4N3O5/c27-13-8-14(28)10-16(9-13)31-5-1-2-7-38-24(36)21-20(23(34)35)19-4-3-6-33(19)26(21)17-11-15(29)12-18(30)22(17)32-25(26)37/h1-2,8-12,19-21,31H,3-7H2,(H,32,37)(H,34,35). The van der Waals surface area contributed by atoms with Gasteiger partial charge < -0.3 is 20.5 Å². The second-order valence-corrected chi connectivity index (χ2v) is 11.1. The second kappa shape index (κ2) is 10.6. The van der Waals surface area contributed by atoms with Crippen LogP contribution in [0.4, 0.5) is 11.4 Å². The van der Waals surface area contributed by atoms with E-state index in [-0.39, 0.29) is 16.7 Å². The number of carboxylic acid groups (broad SMARTS) is 1. The van der Waals surface area contributed by atoms with Crippen LogP contribution in [0.15, 0.2) is 42.5 Å². The number of carboxylic acids is 1. The van der Waals surface area contributed by atoms with Gasteiger partial charge >= 0.3 is 11.9 Å². The fraction of sp³-hybridized carbons (Fsp3) is 0.346. The minimum absolute atomic E-state index is 0.106. The van der Waals surface area contributed by atoms with Crippen molar-refractivity contribution in [3.05, 3.63) is 68.1 Å². The first kappa shape index (κ1) is 27.1. The number of esters is 1. The molecule has 0 aliphatic carbocycles. The summed E-state index contributed by atoms with van der Waals surface area (Å²) in [6.45, 7) is 0.751. The molecule has 2 aromatic rings. The summed E-state index contributed by atoms with van der Waals surface area (Å²) in [5, 5.41) is 17.6. The number of fused-ring (bicyclic) bond motifs is 4. The molecular formula is C26H23Cl4N3O5. The van der Waals surface area contributed by atoms with Crippen molar-refractivity contribution in [2.45, 2.75) is 24.4 Å². The predicted molar refractivity (Wildman–Crippen MR) is 146 cm³/mol. The van der Waals surface area contributed by atoms with Gasteiger partial charge in [-0.15, -0.1) is 0 Å². The van der Waals surface area contributed by atoms with Crippen LogP contribution < -0.4 is 10.6 Å². The van der Waals surface area contributed by atoms with Gasteiger partial charge in [-0.1, -0.05) is 52.5 Å². The molecule has 2 aromatic carbocycles. The fourth-order valence-electron chi connectivity index (χ4n) is 6.02. The summed E-state index contributed by atoms with van der Waals surface area (Å²) in [7, 11) is 0. The van der Waals surface area contributed by atoms with E-state index in [0.29, 0.717) is 47.2 Å². The van der Waals surface area contributed by atoms with E-state index in [1.165, 1.54) is 6.07 Å². The van der Waals surface area contributed by atoms with Crippen molar-refractivity contribution >= 4 is 75.6 Å². The molecule has 0 aromatic heterocycles. The molecule has 3 aliphatic rings. The first-order valence-corrected chi connectivity index (χ1v) is 13.5. The Bertz CT molecular complexity index is 1330. The van der Waals surface area contributed by atoms with Crippen molar-refractivity contribution in [2.75, 3.05) is 30.3 Å². The molecule has 2 saturated heterocycles. The lowest BCUT2D eigenvalue weighted by Crippen LogP contribution is -2.53. The molecule has 0 bridgehead atoms. The maximum absolute atomic E-state index is 13.6. The van der Waals surface area contributed by atoms with Crippen molar-refractivity contribution in [3.63, 3.8) is 0 Å². The molecule has 3 N–H and O–H groups in total. The zero-order valence-electron chi connectivity index (χ0n) is 19.8. The maximum atomic E-state index is 13.6. The molecule has 3 aliphatic heterocycles. The van der Waals surface area contributed by atoms with Gasteiger partial charge in [-0.2, -0.15) is 0 Å². The van der Waals surface area contributed by atoms with Gasteiger partial charge in [-0.25, -0.2) is 0 Å². The molecule has 8 nitrogen and oxygen atoms in total. The molecule has 200 valence electrons. The molecule has 4 unspecified atom stereocenters. The Morgan fingerprint density at radius 1 is 1.11 bits per heavy atom. The van der Waals surface area contributed by atoms with Gasteiger partial charge in [-0.05, 0) is 55.8 Å². The smallest absolute Gasteiger partial charge is 0.313 e. The summed E-state index contributed by atoms with van der Waals surface area (Å²) in [4.78, 5) is 41.5. The van der Waals surface area contributed by atoms with Crippen molar-refractivity contribution in [1.29, 1.82) is 0 Å². The minimum Gasteiger partial charge on any atom is -0.481 e. The predicted octanol–water partition coefficient (Wildman–Crippen LogP) is 5.45. The summed E-state index contributed by atoms with van der Waals surface area (Å²) in [6.07, 6.45) is 4.61. The zero-order chi connectivity index (χ0) is 27.2. The molecule has 4 atom stereocenters. The summed E-state index contributed by atoms with van der Waals surface area (Å²) < 4.78 is 5.54. The van der Waals surface area contributed by atoms with Crippen LogP contribution in [0.25, 0.3) is 0 Å². The number of hydrogen-bond donors (Lipinski definition) is 3. The maximum Gasteiger partial charge on any atom is 0.313 e. The quantitative estimate of drug-likeness (QED) is 0.287. The summed E-state index contributed by atoms with van der Waals surface area (Å²) in [5.41, 5.74) is -0.118. The number of rotatable bonds is 7. The Balaban J connectivity index is 1.38. The highest BCUT2D eigenvalue weighted by molar-refractivity contribution is 6.38. The molecule has 0 radical (unpaired) electrons. The third-order valence-electron chi connectivity index (χ3n) is 7.34. The SMILES string of the molecule is O=C(O)C1C2CCCN2C2(C(=O)Nc3c(Cl)cc(Cl)cc32)C1C(=O)OCC=CCNc1cc(Cl)cc(Cl)c1. The van der Waals surface area contributed by atoms with Crippen molar-refractivity contribution in [3.8, 4) is 0 Å². The number of anilines is 2. The van der Waals surface area contributed by atoms with Crippen LogP contribution >= 0.6 is 46.4 Å². The van der Waals surface area contributed by atoms with E-state index in [4.69, 9.17) is 51.1 Å². The van der Waals surface area contributed by atoms with Gasteiger partial charge in [0.2, 0.25) is 0 Å². The average Bonchev–Trinajstić information content (AvgIpc) is 3.49. The molecule has 2 fully saturated rings. The average molecular weight is 599 g/mol. The number of hydrogen-bond acceptors (Lipinski definition) is 6. The van der Waals surface area contributed by atoms with E-state index in [1.807, 2.05) is 4.90 Å². The Labute approximate surface area is 238 Å². The first-order valence-electron chi connectivity index (χ1n) is 12.0. The number of carbonyl (C=O) groups is 3. The highest BCUT2D eigenvalue weighted by atomic mass is 35.5. The van der Waals surface area contributed by atoms with Gasteiger partial charge in [0, 0.05) is 38.9 Å². The van der Waals surface area contributed by atoms with Crippen LogP contribution in [-0.4, -0.2) is 53.6 Å². The minimum atomic E-state index is -1.58. The van der Waals surface area contributed by atoms with Crippen LogP contribution in [0.5, 0.6) is 0 Å². The number of ether oxygens (including phenoxy) is 1. The zero-order valence-corrected chi connectivity index (χ0v) is 22.9. The number of halogens is 4. The molecule has 12 heteroatoms. The van der Waals surface area contributed by atoms with Gasteiger partial charge in [-0.3, -0.25) is 19.3 Å². The third-order valence-corrected chi connectivity index (χ3v) is 8.29. The van der Waals surface area contributed by atoms with Crippen molar-refractivity contribution < 1.29 is 24.2 Å². The topological polar surface area (TPSA) is 108 Å². The lowest BCUT2D eigenvalue weighted by atomic mass is 9.74. The van der Waals surface area contributed by atoms with Crippen molar-refractivity contribution in [1.82, 2.24) is 4.90 Å². The van der Waals surface area contributed by atoms with Gasteiger partial charge in [0.1, 0.15) is 18.1 Å². The fourth-order valence-corrected chi connectivity index (χ4v) is 7.09.